The van der Waals surface area contributed by atoms with Crippen LogP contribution in [-0.2, 0) is 31.9 Å². The molecule has 11 heteroatoms. The van der Waals surface area contributed by atoms with Crippen molar-refractivity contribution in [1.82, 2.24) is 10.3 Å². The Labute approximate surface area is 335 Å². The number of nitrogens with zero attached hydrogens (tertiary/aromatic N) is 2. The smallest absolute Gasteiger partial charge is 0.340 e. The number of rotatable bonds is 15. The zero-order valence-corrected chi connectivity index (χ0v) is 34.3. The predicted octanol–water partition coefficient (Wildman–Crippen LogP) is 8.93. The van der Waals surface area contributed by atoms with E-state index in [1.165, 1.54) is 24.3 Å². The van der Waals surface area contributed by atoms with Crippen LogP contribution in [0.2, 0.25) is 0 Å². The maximum absolute atomic E-state index is 14.3. The number of piperidine rings is 1. The summed E-state index contributed by atoms with van der Waals surface area (Å²) in [4.78, 5) is 48.5. The van der Waals surface area contributed by atoms with E-state index in [0.717, 1.165) is 18.4 Å². The van der Waals surface area contributed by atoms with Crippen LogP contribution in [-0.4, -0.2) is 60.6 Å². The molecule has 0 spiro atoms. The Bertz CT molecular complexity index is 2010. The van der Waals surface area contributed by atoms with Crippen molar-refractivity contribution in [3.8, 4) is 16.9 Å². The Morgan fingerprint density at radius 2 is 1.46 bits per heavy atom. The molecule has 2 heterocycles. The van der Waals surface area contributed by atoms with Crippen molar-refractivity contribution >= 4 is 23.3 Å². The summed E-state index contributed by atoms with van der Waals surface area (Å²) in [6.07, 6.45) is 0.716. The number of aromatic nitrogens is 1. The molecule has 1 saturated heterocycles. The normalized spacial score (nSPS) is 14.6. The van der Waals surface area contributed by atoms with Crippen LogP contribution in [0.25, 0.3) is 11.1 Å². The summed E-state index contributed by atoms with van der Waals surface area (Å²) in [6, 6.07) is 19.3. The highest BCUT2D eigenvalue weighted by atomic mass is 19.1. The molecule has 3 aromatic carbocycles. The third-order valence-corrected chi connectivity index (χ3v) is 9.82. The highest BCUT2D eigenvalue weighted by Crippen LogP contribution is 2.45. The second-order valence-electron chi connectivity index (χ2n) is 16.7. The number of benzene rings is 3. The average molecular weight is 784 g/mol. The molecule has 1 amide bonds. The van der Waals surface area contributed by atoms with Crippen LogP contribution >= 0.6 is 0 Å². The lowest BCUT2D eigenvalue weighted by molar-refractivity contribution is -0.171. The Balaban J connectivity index is 1.60. The van der Waals surface area contributed by atoms with Gasteiger partial charge in [0.25, 0.3) is 5.91 Å². The first kappa shape index (κ1) is 43.0. The first-order chi connectivity index (χ1) is 26.9. The molecule has 0 bridgehead atoms. The number of carbonyl (C=O) groups excluding carboxylic acids is 3. The largest absolute Gasteiger partial charge is 0.493 e. The van der Waals surface area contributed by atoms with Crippen molar-refractivity contribution in [2.45, 2.75) is 98.9 Å². The monoisotopic (exact) mass is 783 g/mol. The lowest BCUT2D eigenvalue weighted by atomic mass is 9.81. The van der Waals surface area contributed by atoms with Crippen molar-refractivity contribution in [3.63, 3.8) is 0 Å². The molecule has 1 aliphatic heterocycles. The van der Waals surface area contributed by atoms with Crippen LogP contribution in [0.3, 0.4) is 0 Å². The lowest BCUT2D eigenvalue weighted by Gasteiger charge is -2.41. The third kappa shape index (κ3) is 11.9. The average Bonchev–Trinajstić information content (AvgIpc) is 3.14. The van der Waals surface area contributed by atoms with Gasteiger partial charge in [0.2, 0.25) is 0 Å². The number of pyridine rings is 1. The van der Waals surface area contributed by atoms with E-state index in [1.54, 1.807) is 45.0 Å². The minimum absolute atomic E-state index is 0.0139. The molecule has 1 atom stereocenters. The summed E-state index contributed by atoms with van der Waals surface area (Å²) >= 11 is 0. The van der Waals surface area contributed by atoms with E-state index in [4.69, 9.17) is 19.2 Å². The molecule has 0 radical (unpaired) electrons. The number of ether oxygens (including phenoxy) is 3. The van der Waals surface area contributed by atoms with Crippen molar-refractivity contribution in [2.24, 2.45) is 5.41 Å². The molecule has 1 aromatic heterocycles. The molecule has 57 heavy (non-hydrogen) atoms. The van der Waals surface area contributed by atoms with Gasteiger partial charge in [0.05, 0.1) is 30.5 Å². The fourth-order valence-electron chi connectivity index (χ4n) is 6.80. The van der Waals surface area contributed by atoms with Gasteiger partial charge in [-0.1, -0.05) is 50.2 Å². The molecule has 4 aromatic rings. The Kier molecular flexibility index (Phi) is 13.9. The molecular formula is C46H55F2N3O6. The third-order valence-electron chi connectivity index (χ3n) is 9.82. The Hall–Kier alpha value is -5.16. The van der Waals surface area contributed by atoms with E-state index in [-0.39, 0.29) is 35.7 Å². The number of carbonyl (C=O) groups is 3. The van der Waals surface area contributed by atoms with Crippen molar-refractivity contribution in [1.29, 1.82) is 0 Å². The van der Waals surface area contributed by atoms with Crippen molar-refractivity contribution < 1.29 is 37.4 Å². The maximum atomic E-state index is 14.3. The topological polar surface area (TPSA) is 107 Å². The molecular weight excluding hydrogens is 729 g/mol. The van der Waals surface area contributed by atoms with Gasteiger partial charge in [0, 0.05) is 42.8 Å². The first-order valence-electron chi connectivity index (χ1n) is 19.6. The zero-order valence-electron chi connectivity index (χ0n) is 34.3. The zero-order chi connectivity index (χ0) is 41.5. The van der Waals surface area contributed by atoms with Gasteiger partial charge < -0.3 is 24.4 Å². The van der Waals surface area contributed by atoms with Crippen molar-refractivity contribution in [3.05, 3.63) is 113 Å². The Morgan fingerprint density at radius 3 is 2.02 bits per heavy atom. The van der Waals surface area contributed by atoms with E-state index in [1.807, 2.05) is 45.0 Å². The molecule has 1 N–H and O–H groups in total. The van der Waals surface area contributed by atoms with Crippen molar-refractivity contribution in [2.75, 3.05) is 31.1 Å². The summed E-state index contributed by atoms with van der Waals surface area (Å²) in [6.45, 7) is 16.8. The van der Waals surface area contributed by atoms with Gasteiger partial charge in [0.1, 0.15) is 23.1 Å². The van der Waals surface area contributed by atoms with Gasteiger partial charge in [-0.2, -0.15) is 0 Å². The van der Waals surface area contributed by atoms with Crippen LogP contribution < -0.4 is 15.0 Å². The van der Waals surface area contributed by atoms with E-state index in [9.17, 15) is 23.2 Å². The molecule has 0 saturated carbocycles. The standard InChI is InChI=1S/C46H55F2N3O6/c1-29(2)56-44(54)42(57-45(4,5)6)38-30(3)50-40(43(53)49-28-36(52)27-32-11-17-35(48)18-12-32)39(41(38)51-24-22-46(7,8)23-25-51)33-13-19-37(20-14-33)55-26-21-31-9-15-34(47)16-10-31/h9-20,29,42H,21-28H2,1-8H3,(H,49,53)/t42-/m0/s1. The SMILES string of the molecule is Cc1nc(C(=O)NCC(=O)Cc2ccc(F)cc2)c(-c2ccc(OCCc3ccc(F)cc3)cc2)c(N2CCC(C)(C)CC2)c1[C@H](OC(C)(C)C)C(=O)OC(C)C. The van der Waals surface area contributed by atoms with E-state index in [0.29, 0.717) is 65.5 Å². The van der Waals surface area contributed by atoms with Crippen LogP contribution in [0.15, 0.2) is 72.8 Å². The Morgan fingerprint density at radius 1 is 0.877 bits per heavy atom. The van der Waals surface area contributed by atoms with E-state index < -0.39 is 35.5 Å². The number of hydrogen-bond acceptors (Lipinski definition) is 8. The second-order valence-corrected chi connectivity index (χ2v) is 16.7. The quantitative estimate of drug-likeness (QED) is 0.119. The van der Waals surface area contributed by atoms with Gasteiger partial charge in [-0.25, -0.2) is 18.6 Å². The second kappa shape index (κ2) is 18.4. The van der Waals surface area contributed by atoms with Gasteiger partial charge in [-0.3, -0.25) is 9.59 Å². The predicted molar refractivity (Wildman–Crippen MR) is 217 cm³/mol. The number of hydrogen-bond donors (Lipinski definition) is 1. The van der Waals surface area contributed by atoms with Crippen LogP contribution in [0, 0.1) is 24.0 Å². The van der Waals surface area contributed by atoms with E-state index in [2.05, 4.69) is 24.1 Å². The number of halogens is 2. The summed E-state index contributed by atoms with van der Waals surface area (Å²) in [5.74, 6) is -1.50. The van der Waals surface area contributed by atoms with Crippen LogP contribution in [0.4, 0.5) is 14.5 Å². The van der Waals surface area contributed by atoms with Gasteiger partial charge in [-0.15, -0.1) is 0 Å². The van der Waals surface area contributed by atoms with Crippen LogP contribution in [0.5, 0.6) is 5.75 Å². The number of ketones is 1. The van der Waals surface area contributed by atoms with Gasteiger partial charge >= 0.3 is 5.97 Å². The molecule has 304 valence electrons. The number of aryl methyl sites for hydroxylation is 1. The number of Topliss-reactive ketones (excluding diaryl/α,β-unsaturated/α-hetero) is 1. The van der Waals surface area contributed by atoms with Gasteiger partial charge in [-0.05, 0) is 113 Å². The fraction of sp³-hybridized carbons (Fsp3) is 0.435. The number of amides is 1. The fourth-order valence-corrected chi connectivity index (χ4v) is 6.80. The minimum atomic E-state index is -1.17. The highest BCUT2D eigenvalue weighted by Gasteiger charge is 2.39. The number of nitrogens with one attached hydrogen (secondary N) is 1. The molecule has 1 aliphatic rings. The molecule has 0 unspecified atom stereocenters. The molecule has 5 rings (SSSR count). The first-order valence-corrected chi connectivity index (χ1v) is 19.6. The lowest BCUT2D eigenvalue weighted by Crippen LogP contribution is -2.40. The molecule has 1 fully saturated rings. The minimum Gasteiger partial charge on any atom is -0.493 e. The molecule has 0 aliphatic carbocycles. The number of anilines is 1. The summed E-state index contributed by atoms with van der Waals surface area (Å²) < 4.78 is 45.3. The van der Waals surface area contributed by atoms with Crippen LogP contribution in [0.1, 0.15) is 100 Å². The maximum Gasteiger partial charge on any atom is 0.340 e. The van der Waals surface area contributed by atoms with Gasteiger partial charge in [0.15, 0.2) is 11.9 Å². The summed E-state index contributed by atoms with van der Waals surface area (Å²) in [5.41, 5.74) is 3.66. The summed E-state index contributed by atoms with van der Waals surface area (Å²) in [7, 11) is 0. The highest BCUT2D eigenvalue weighted by molar-refractivity contribution is 6.05. The van der Waals surface area contributed by atoms with E-state index >= 15 is 0 Å². The molecule has 9 nitrogen and oxygen atoms in total. The summed E-state index contributed by atoms with van der Waals surface area (Å²) in [5, 5.41) is 2.79. The number of esters is 1.